The van der Waals surface area contributed by atoms with Crippen molar-refractivity contribution in [2.45, 2.75) is 25.7 Å². The lowest BCUT2D eigenvalue weighted by Crippen LogP contribution is -2.45. The third-order valence-electron chi connectivity index (χ3n) is 8.58. The molecule has 2 fully saturated rings. The summed E-state index contributed by atoms with van der Waals surface area (Å²) in [4.78, 5) is 39.7. The number of hydrogen-bond donors (Lipinski definition) is 0. The lowest BCUT2D eigenvalue weighted by atomic mass is 9.88. The van der Waals surface area contributed by atoms with E-state index >= 15 is 4.39 Å². The highest BCUT2D eigenvalue weighted by Crippen LogP contribution is 2.49. The monoisotopic (exact) mass is 678 g/mol. The first kappa shape index (κ1) is 31.2. The molecule has 0 spiro atoms. The van der Waals surface area contributed by atoms with E-state index < -0.39 is 11.2 Å². The fraction of sp³-hybridized carbons (Fsp3) is 0.353. The second-order valence-corrected chi connectivity index (χ2v) is 12.5. The lowest BCUT2D eigenvalue weighted by Gasteiger charge is -2.32. The van der Waals surface area contributed by atoms with Gasteiger partial charge in [-0.1, -0.05) is 18.2 Å². The molecular formula is C34H33BrF2N4O4. The van der Waals surface area contributed by atoms with Crippen molar-refractivity contribution in [3.05, 3.63) is 88.2 Å². The van der Waals surface area contributed by atoms with E-state index in [4.69, 9.17) is 9.47 Å². The van der Waals surface area contributed by atoms with Crippen molar-refractivity contribution in [1.29, 1.82) is 0 Å². The summed E-state index contributed by atoms with van der Waals surface area (Å²) in [6.45, 7) is 5.36. The molecule has 11 heteroatoms. The van der Waals surface area contributed by atoms with Crippen molar-refractivity contribution in [2.24, 2.45) is 5.41 Å². The molecule has 1 aliphatic heterocycles. The smallest absolute Gasteiger partial charge is 0.230 e. The second-order valence-electron chi connectivity index (χ2n) is 11.7. The van der Waals surface area contributed by atoms with Crippen LogP contribution in [-0.2, 0) is 22.4 Å². The number of halogens is 3. The fourth-order valence-electron chi connectivity index (χ4n) is 5.57. The van der Waals surface area contributed by atoms with Gasteiger partial charge in [0, 0.05) is 58.0 Å². The third kappa shape index (κ3) is 7.05. The van der Waals surface area contributed by atoms with Gasteiger partial charge in [-0.2, -0.15) is 0 Å². The summed E-state index contributed by atoms with van der Waals surface area (Å²) in [5.41, 5.74) is 0.625. The topological polar surface area (TPSA) is 84.9 Å². The number of benzene rings is 2. The van der Waals surface area contributed by atoms with Crippen molar-refractivity contribution < 1.29 is 27.8 Å². The summed E-state index contributed by atoms with van der Waals surface area (Å²) in [7, 11) is 2.12. The van der Waals surface area contributed by atoms with Crippen LogP contribution >= 0.6 is 15.9 Å². The standard InChI is InChI=1S/C34H33BrF2N4O4/c1-40-12-14-41(15-13-40)16-17-44-33-31(35)32-25(21-39-33)27(8-11-38-32)45-28-7-4-23(18-26(28)37)20-30(43)34(9-10-34)29(42)19-22-2-5-24(36)6-3-22/h2-8,11,18,21H,9-10,12-17,19-20H2,1H3. The Bertz CT molecular complexity index is 1720. The number of Topliss-reactive ketones (excluding diaryl/α,β-unsaturated/α-hetero) is 2. The highest BCUT2D eigenvalue weighted by atomic mass is 79.9. The van der Waals surface area contributed by atoms with Gasteiger partial charge in [-0.3, -0.25) is 19.5 Å². The number of carbonyl (C=O) groups excluding carboxylic acids is 2. The molecule has 2 aromatic carbocycles. The molecule has 3 heterocycles. The first-order valence-electron chi connectivity index (χ1n) is 15.0. The Balaban J connectivity index is 1.09. The molecule has 0 atom stereocenters. The summed E-state index contributed by atoms with van der Waals surface area (Å²) >= 11 is 3.56. The normalized spacial score (nSPS) is 16.4. The SMILES string of the molecule is CN1CCN(CCOc2ncc3c(Oc4ccc(CC(=O)C5(C(=O)Cc6ccc(F)cc6)CC5)cc4F)ccnc3c2Br)CC1. The number of piperazine rings is 1. The number of nitrogens with zero attached hydrogens (tertiary/aromatic N) is 4. The minimum atomic E-state index is -1.05. The highest BCUT2D eigenvalue weighted by molar-refractivity contribution is 9.10. The number of rotatable bonds is 12. The number of fused-ring (bicyclic) bond motifs is 1. The number of ether oxygens (including phenoxy) is 2. The van der Waals surface area contributed by atoms with Crippen molar-refractivity contribution in [2.75, 3.05) is 46.4 Å². The van der Waals surface area contributed by atoms with Gasteiger partial charge in [0.25, 0.3) is 0 Å². The predicted molar refractivity (Wildman–Crippen MR) is 169 cm³/mol. The predicted octanol–water partition coefficient (Wildman–Crippen LogP) is 5.79. The summed E-state index contributed by atoms with van der Waals surface area (Å²) in [6, 6.07) is 11.7. The van der Waals surface area contributed by atoms with Crippen LogP contribution in [-0.4, -0.2) is 77.7 Å². The Hall–Kier alpha value is -3.80. The summed E-state index contributed by atoms with van der Waals surface area (Å²) < 4.78 is 40.9. The highest BCUT2D eigenvalue weighted by Gasteiger charge is 2.54. The number of aromatic nitrogens is 2. The Morgan fingerprint density at radius 1 is 0.911 bits per heavy atom. The molecule has 1 saturated heterocycles. The zero-order valence-corrected chi connectivity index (χ0v) is 26.5. The van der Waals surface area contributed by atoms with Crippen LogP contribution in [0, 0.1) is 17.0 Å². The van der Waals surface area contributed by atoms with E-state index in [1.54, 1.807) is 36.7 Å². The quantitative estimate of drug-likeness (QED) is 0.174. The Labute approximate surface area is 268 Å². The molecule has 2 aromatic heterocycles. The van der Waals surface area contributed by atoms with E-state index in [9.17, 15) is 14.0 Å². The molecule has 8 nitrogen and oxygen atoms in total. The van der Waals surface area contributed by atoms with Crippen molar-refractivity contribution in [3.63, 3.8) is 0 Å². The number of hydrogen-bond acceptors (Lipinski definition) is 8. The number of likely N-dealkylation sites (N-methyl/N-ethyl adjacent to an activating group) is 1. The van der Waals surface area contributed by atoms with Gasteiger partial charge in [0.1, 0.15) is 22.6 Å². The van der Waals surface area contributed by atoms with Crippen LogP contribution in [0.4, 0.5) is 8.78 Å². The van der Waals surface area contributed by atoms with Crippen LogP contribution in [0.15, 0.2) is 65.4 Å². The molecule has 2 aliphatic rings. The number of ketones is 2. The molecule has 45 heavy (non-hydrogen) atoms. The Kier molecular flexibility index (Phi) is 9.21. The molecule has 0 N–H and O–H groups in total. The van der Waals surface area contributed by atoms with E-state index in [1.807, 2.05) is 0 Å². The fourth-order valence-corrected chi connectivity index (χ4v) is 6.11. The largest absolute Gasteiger partial charge is 0.475 e. The molecule has 4 aromatic rings. The van der Waals surface area contributed by atoms with Crippen LogP contribution in [0.5, 0.6) is 17.4 Å². The average molecular weight is 680 g/mol. The van der Waals surface area contributed by atoms with E-state index in [0.717, 1.165) is 32.7 Å². The van der Waals surface area contributed by atoms with Crippen LogP contribution < -0.4 is 9.47 Å². The molecule has 0 amide bonds. The zero-order chi connectivity index (χ0) is 31.6. The Morgan fingerprint density at radius 3 is 2.29 bits per heavy atom. The maximum absolute atomic E-state index is 15.2. The van der Waals surface area contributed by atoms with Crippen LogP contribution in [0.3, 0.4) is 0 Å². The van der Waals surface area contributed by atoms with E-state index in [-0.39, 0.29) is 36.0 Å². The molecule has 0 unspecified atom stereocenters. The van der Waals surface area contributed by atoms with E-state index in [1.165, 1.54) is 24.3 Å². The lowest BCUT2D eigenvalue weighted by molar-refractivity contribution is -0.133. The molecule has 234 valence electrons. The molecule has 1 saturated carbocycles. The maximum atomic E-state index is 15.2. The van der Waals surface area contributed by atoms with Gasteiger partial charge in [-0.15, -0.1) is 0 Å². The minimum absolute atomic E-state index is 0.0177. The van der Waals surface area contributed by atoms with E-state index in [0.29, 0.717) is 57.6 Å². The van der Waals surface area contributed by atoms with Gasteiger partial charge in [-0.05, 0) is 77.3 Å². The summed E-state index contributed by atoms with van der Waals surface area (Å²) in [5, 5.41) is 0.574. The van der Waals surface area contributed by atoms with Crippen LogP contribution in [0.25, 0.3) is 10.9 Å². The molecule has 6 rings (SSSR count). The van der Waals surface area contributed by atoms with Crippen LogP contribution in [0.1, 0.15) is 24.0 Å². The maximum Gasteiger partial charge on any atom is 0.230 e. The summed E-state index contributed by atoms with van der Waals surface area (Å²) in [5.74, 6) is -0.674. The third-order valence-corrected chi connectivity index (χ3v) is 9.29. The van der Waals surface area contributed by atoms with Gasteiger partial charge in [0.2, 0.25) is 5.88 Å². The van der Waals surface area contributed by atoms with Gasteiger partial charge in [0.05, 0.1) is 16.3 Å². The molecule has 1 aliphatic carbocycles. The van der Waals surface area contributed by atoms with Gasteiger partial charge < -0.3 is 14.4 Å². The van der Waals surface area contributed by atoms with Crippen molar-refractivity contribution >= 4 is 38.4 Å². The Morgan fingerprint density at radius 2 is 1.60 bits per heavy atom. The molecule has 0 radical (unpaired) electrons. The van der Waals surface area contributed by atoms with Gasteiger partial charge in [0.15, 0.2) is 23.1 Å². The van der Waals surface area contributed by atoms with Crippen LogP contribution in [0.2, 0.25) is 0 Å². The van der Waals surface area contributed by atoms with E-state index in [2.05, 4.69) is 42.7 Å². The first-order chi connectivity index (χ1) is 21.7. The molecular weight excluding hydrogens is 646 g/mol. The van der Waals surface area contributed by atoms with Crippen molar-refractivity contribution in [1.82, 2.24) is 19.8 Å². The second kappa shape index (κ2) is 13.3. The molecule has 0 bridgehead atoms. The van der Waals surface area contributed by atoms with Crippen molar-refractivity contribution in [3.8, 4) is 17.4 Å². The number of carbonyl (C=O) groups is 2. The minimum Gasteiger partial charge on any atom is -0.475 e. The van der Waals surface area contributed by atoms with Gasteiger partial charge >= 0.3 is 0 Å². The zero-order valence-electron chi connectivity index (χ0n) is 24.9. The average Bonchev–Trinajstić information content (AvgIpc) is 3.85. The summed E-state index contributed by atoms with van der Waals surface area (Å²) in [6.07, 6.45) is 4.09. The van der Waals surface area contributed by atoms with Gasteiger partial charge in [-0.25, -0.2) is 13.8 Å². The first-order valence-corrected chi connectivity index (χ1v) is 15.8. The number of pyridine rings is 2.